The minimum Gasteiger partial charge on any atom is -0.304 e. The lowest BCUT2D eigenvalue weighted by Crippen LogP contribution is -2.25. The van der Waals surface area contributed by atoms with Gasteiger partial charge in [-0.05, 0) is 43.9 Å². The zero-order valence-electron chi connectivity index (χ0n) is 19.0. The summed E-state index contributed by atoms with van der Waals surface area (Å²) in [6, 6.07) is 16.2. The number of rotatable bonds is 5. The van der Waals surface area contributed by atoms with Gasteiger partial charge < -0.3 is 4.57 Å². The van der Waals surface area contributed by atoms with Crippen LogP contribution >= 0.6 is 0 Å². The van der Waals surface area contributed by atoms with Crippen molar-refractivity contribution in [3.8, 4) is 0 Å². The molecule has 0 radical (unpaired) electrons. The van der Waals surface area contributed by atoms with E-state index in [1.165, 1.54) is 5.56 Å². The summed E-state index contributed by atoms with van der Waals surface area (Å²) < 4.78 is 3.82. The average molecular weight is 426 g/mol. The Hall–Kier alpha value is -3.54. The molecule has 3 heterocycles. The molecule has 3 aromatic heterocycles. The third kappa shape index (κ3) is 3.45. The van der Waals surface area contributed by atoms with Gasteiger partial charge >= 0.3 is 0 Å². The Bertz CT molecular complexity index is 1510. The first-order valence-electron chi connectivity index (χ1n) is 11.1. The second kappa shape index (κ2) is 7.86. The minimum absolute atomic E-state index is 0.0367. The van der Waals surface area contributed by atoms with Crippen molar-refractivity contribution in [2.45, 2.75) is 47.2 Å². The molecule has 0 atom stereocenters. The fraction of sp³-hybridized carbons (Fsp3) is 0.308. The van der Waals surface area contributed by atoms with Crippen LogP contribution in [0.3, 0.4) is 0 Å². The van der Waals surface area contributed by atoms with Gasteiger partial charge in [-0.2, -0.15) is 0 Å². The van der Waals surface area contributed by atoms with Crippen LogP contribution in [0.15, 0.2) is 53.3 Å². The Morgan fingerprint density at radius 1 is 0.844 bits per heavy atom. The predicted octanol–water partition coefficient (Wildman–Crippen LogP) is 5.01. The molecular weight excluding hydrogens is 398 g/mol. The van der Waals surface area contributed by atoms with Crippen molar-refractivity contribution in [3.05, 3.63) is 75.8 Å². The maximum atomic E-state index is 13.7. The smallest absolute Gasteiger partial charge is 0.265 e. The topological polar surface area (TPSA) is 65.6 Å². The van der Waals surface area contributed by atoms with E-state index in [4.69, 9.17) is 15.0 Å². The molecule has 6 nitrogen and oxygen atoms in total. The van der Waals surface area contributed by atoms with Crippen LogP contribution in [-0.2, 0) is 13.1 Å². The first-order valence-corrected chi connectivity index (χ1v) is 11.1. The summed E-state index contributed by atoms with van der Waals surface area (Å²) in [5.41, 5.74) is 5.88. The molecular formula is C26H27N5O. The van der Waals surface area contributed by atoms with Gasteiger partial charge in [0.1, 0.15) is 16.7 Å². The van der Waals surface area contributed by atoms with Crippen molar-refractivity contribution >= 4 is 33.2 Å². The van der Waals surface area contributed by atoms with Crippen molar-refractivity contribution < 1.29 is 0 Å². The maximum Gasteiger partial charge on any atom is 0.265 e. The van der Waals surface area contributed by atoms with Crippen molar-refractivity contribution in [1.29, 1.82) is 0 Å². The van der Waals surface area contributed by atoms with Crippen LogP contribution in [0.25, 0.3) is 33.2 Å². The molecule has 0 aliphatic rings. The first kappa shape index (κ1) is 20.4. The molecule has 5 rings (SSSR count). The Balaban J connectivity index is 1.82. The summed E-state index contributed by atoms with van der Waals surface area (Å²) >= 11 is 0. The van der Waals surface area contributed by atoms with Gasteiger partial charge in [0, 0.05) is 6.54 Å². The largest absolute Gasteiger partial charge is 0.304 e. The van der Waals surface area contributed by atoms with Crippen molar-refractivity contribution in [2.75, 3.05) is 0 Å². The van der Waals surface area contributed by atoms with Gasteiger partial charge in [-0.3, -0.25) is 9.36 Å². The molecule has 0 amide bonds. The third-order valence-corrected chi connectivity index (χ3v) is 6.03. The van der Waals surface area contributed by atoms with E-state index in [2.05, 4.69) is 45.0 Å². The lowest BCUT2D eigenvalue weighted by molar-refractivity contribution is 0.498. The maximum absolute atomic E-state index is 13.7. The Labute approximate surface area is 186 Å². The Morgan fingerprint density at radius 3 is 2.22 bits per heavy atom. The standard InChI is InChI=1S/C26H27N5O/c1-16(2)13-14-30-18(4)27-24-22(26(30)32)23-25(29-21-8-6-5-7-20(21)28-23)31(24)15-19-11-9-17(3)10-12-19/h5-12,16H,13-15H2,1-4H3. The summed E-state index contributed by atoms with van der Waals surface area (Å²) in [7, 11) is 0. The molecule has 0 saturated heterocycles. The van der Waals surface area contributed by atoms with Crippen LogP contribution in [0.4, 0.5) is 0 Å². The minimum atomic E-state index is -0.0367. The molecule has 0 saturated carbocycles. The SMILES string of the molecule is Cc1ccc(Cn2c3nc4ccccc4nc3c3c(=O)n(CCC(C)C)c(C)nc32)cc1. The van der Waals surface area contributed by atoms with Crippen LogP contribution in [0, 0.1) is 19.8 Å². The van der Waals surface area contributed by atoms with Crippen molar-refractivity contribution in [2.24, 2.45) is 5.92 Å². The number of fused-ring (bicyclic) bond motifs is 4. The van der Waals surface area contributed by atoms with E-state index >= 15 is 0 Å². The molecule has 0 spiro atoms. The van der Waals surface area contributed by atoms with Crippen LogP contribution in [0.2, 0.25) is 0 Å². The van der Waals surface area contributed by atoms with E-state index in [1.54, 1.807) is 4.57 Å². The average Bonchev–Trinajstić information content (AvgIpc) is 3.05. The molecule has 0 bridgehead atoms. The number of benzene rings is 2. The van der Waals surface area contributed by atoms with Gasteiger partial charge in [0.05, 0.1) is 17.6 Å². The number of hydrogen-bond donors (Lipinski definition) is 0. The zero-order chi connectivity index (χ0) is 22.4. The van der Waals surface area contributed by atoms with Gasteiger partial charge in [-0.25, -0.2) is 15.0 Å². The van der Waals surface area contributed by atoms with Crippen LogP contribution in [-0.4, -0.2) is 24.1 Å². The fourth-order valence-electron chi connectivity index (χ4n) is 4.17. The highest BCUT2D eigenvalue weighted by molar-refractivity contribution is 6.04. The molecule has 32 heavy (non-hydrogen) atoms. The van der Waals surface area contributed by atoms with E-state index in [1.807, 2.05) is 35.8 Å². The monoisotopic (exact) mass is 425 g/mol. The van der Waals surface area contributed by atoms with Gasteiger partial charge in [-0.1, -0.05) is 55.8 Å². The quantitative estimate of drug-likeness (QED) is 0.397. The lowest BCUT2D eigenvalue weighted by atomic mass is 10.1. The van der Waals surface area contributed by atoms with Crippen molar-refractivity contribution in [3.63, 3.8) is 0 Å². The molecule has 0 fully saturated rings. The van der Waals surface area contributed by atoms with Gasteiger partial charge in [0.25, 0.3) is 5.56 Å². The molecule has 5 aromatic rings. The normalized spacial score (nSPS) is 11.9. The van der Waals surface area contributed by atoms with Gasteiger partial charge in [0.2, 0.25) is 0 Å². The van der Waals surface area contributed by atoms with Crippen LogP contribution in [0.5, 0.6) is 0 Å². The zero-order valence-corrected chi connectivity index (χ0v) is 19.0. The van der Waals surface area contributed by atoms with E-state index < -0.39 is 0 Å². The molecule has 0 aliphatic carbocycles. The number of aryl methyl sites for hydroxylation is 2. The van der Waals surface area contributed by atoms with E-state index in [-0.39, 0.29) is 5.56 Å². The third-order valence-electron chi connectivity index (χ3n) is 6.03. The van der Waals surface area contributed by atoms with E-state index in [9.17, 15) is 4.79 Å². The van der Waals surface area contributed by atoms with E-state index in [0.717, 1.165) is 28.8 Å². The fourth-order valence-corrected chi connectivity index (χ4v) is 4.17. The molecule has 0 aliphatic heterocycles. The number of aromatic nitrogens is 5. The molecule has 6 heteroatoms. The van der Waals surface area contributed by atoms with E-state index in [0.29, 0.717) is 41.2 Å². The summed E-state index contributed by atoms with van der Waals surface area (Å²) in [5, 5.41) is 0.555. The number of nitrogens with zero attached hydrogens (tertiary/aromatic N) is 5. The van der Waals surface area contributed by atoms with Gasteiger partial charge in [-0.15, -0.1) is 0 Å². The number of para-hydroxylation sites is 2. The second-order valence-corrected chi connectivity index (χ2v) is 8.95. The lowest BCUT2D eigenvalue weighted by Gasteiger charge is -2.12. The van der Waals surface area contributed by atoms with Crippen molar-refractivity contribution in [1.82, 2.24) is 24.1 Å². The predicted molar refractivity (Wildman–Crippen MR) is 129 cm³/mol. The Kier molecular flexibility index (Phi) is 5.00. The molecule has 2 aromatic carbocycles. The molecule has 162 valence electrons. The summed E-state index contributed by atoms with van der Waals surface area (Å²) in [4.78, 5) is 28.4. The first-order chi connectivity index (χ1) is 15.4. The second-order valence-electron chi connectivity index (χ2n) is 8.95. The Morgan fingerprint density at radius 2 is 1.53 bits per heavy atom. The number of hydrogen-bond acceptors (Lipinski definition) is 4. The highest BCUT2D eigenvalue weighted by atomic mass is 16.1. The highest BCUT2D eigenvalue weighted by Gasteiger charge is 2.21. The van der Waals surface area contributed by atoms with Gasteiger partial charge in [0.15, 0.2) is 11.3 Å². The molecule has 0 N–H and O–H groups in total. The van der Waals surface area contributed by atoms with Crippen LogP contribution in [0.1, 0.15) is 37.2 Å². The summed E-state index contributed by atoms with van der Waals surface area (Å²) in [6.07, 6.45) is 0.921. The summed E-state index contributed by atoms with van der Waals surface area (Å²) in [5.74, 6) is 1.23. The van der Waals surface area contributed by atoms with Crippen LogP contribution < -0.4 is 5.56 Å². The highest BCUT2D eigenvalue weighted by Crippen LogP contribution is 2.26. The molecule has 0 unspecified atom stereocenters. The summed E-state index contributed by atoms with van der Waals surface area (Å²) in [6.45, 7) is 9.54.